The van der Waals surface area contributed by atoms with Crippen LogP contribution in [0.1, 0.15) is 25.5 Å². The maximum Gasteiger partial charge on any atom is 0.236 e. The monoisotopic (exact) mass is 523 g/mol. The maximum atomic E-state index is 13.9. The number of carbonyl (C=O) groups excluding carboxylic acids is 1. The van der Waals surface area contributed by atoms with Crippen LogP contribution in [-0.2, 0) is 4.79 Å². The second-order valence-electron chi connectivity index (χ2n) is 8.70. The summed E-state index contributed by atoms with van der Waals surface area (Å²) in [5, 5.41) is 7.50. The average molecular weight is 524 g/mol. The number of anilines is 2. The predicted molar refractivity (Wildman–Crippen MR) is 144 cm³/mol. The van der Waals surface area contributed by atoms with Crippen LogP contribution in [0.3, 0.4) is 0 Å². The van der Waals surface area contributed by atoms with Gasteiger partial charge in [0, 0.05) is 22.0 Å². The number of carbonyl (C=O) groups is 1. The smallest absolute Gasteiger partial charge is 0.236 e. The maximum absolute atomic E-state index is 13.9. The van der Waals surface area contributed by atoms with Crippen LogP contribution in [0.5, 0.6) is 17.2 Å². The zero-order chi connectivity index (χ0) is 25.4. The first-order chi connectivity index (χ1) is 17.4. The van der Waals surface area contributed by atoms with Gasteiger partial charge in [-0.15, -0.1) is 0 Å². The summed E-state index contributed by atoms with van der Waals surface area (Å²) >= 11 is 12.0. The fraction of sp³-hybridized carbons (Fsp3) is 0.259. The highest BCUT2D eigenvalue weighted by molar-refractivity contribution is 7.80. The number of hydrogen-bond donors (Lipinski definition) is 2. The number of para-hydroxylation sites is 1. The molecule has 7 nitrogen and oxygen atoms in total. The van der Waals surface area contributed by atoms with Crippen molar-refractivity contribution in [3.8, 4) is 17.2 Å². The minimum Gasteiger partial charge on any atom is -0.497 e. The number of benzene rings is 3. The van der Waals surface area contributed by atoms with Crippen LogP contribution in [0.2, 0.25) is 5.02 Å². The van der Waals surface area contributed by atoms with E-state index in [2.05, 4.69) is 10.6 Å². The van der Waals surface area contributed by atoms with E-state index >= 15 is 0 Å². The second kappa shape index (κ2) is 9.52. The van der Waals surface area contributed by atoms with Crippen molar-refractivity contribution in [3.63, 3.8) is 0 Å². The van der Waals surface area contributed by atoms with Crippen LogP contribution < -0.4 is 29.7 Å². The Kier molecular flexibility index (Phi) is 6.40. The fourth-order valence-electron chi connectivity index (χ4n) is 4.91. The Balaban J connectivity index is 1.61. The summed E-state index contributed by atoms with van der Waals surface area (Å²) in [5.74, 6) is 1.02. The van der Waals surface area contributed by atoms with Gasteiger partial charge in [0.25, 0.3) is 0 Å². The Bertz CT molecular complexity index is 1300. The lowest BCUT2D eigenvalue weighted by molar-refractivity contribution is -0.130. The standard InChI is InChI=1S/C27H26ClN3O4S/c1-4-34-21-7-5-6-20-23-22(25(32)29-17-10-14-19(33-3)15-11-17)27(2,35-24(20)21)31(26(36)30-23)18-12-8-16(28)9-13-18/h5-15,22-23H,4H2,1-3H3,(H,29,32)(H,30,36)/t22-,23+,27+/m1/s1. The van der Waals surface area contributed by atoms with E-state index in [1.54, 1.807) is 43.5 Å². The Morgan fingerprint density at radius 3 is 2.56 bits per heavy atom. The van der Waals surface area contributed by atoms with Crippen LogP contribution in [0.15, 0.2) is 66.7 Å². The van der Waals surface area contributed by atoms with Gasteiger partial charge in [0.2, 0.25) is 5.91 Å². The van der Waals surface area contributed by atoms with E-state index in [9.17, 15) is 4.79 Å². The van der Waals surface area contributed by atoms with Gasteiger partial charge in [0.1, 0.15) is 11.7 Å². The molecule has 186 valence electrons. The van der Waals surface area contributed by atoms with Crippen LogP contribution in [0, 0.1) is 5.92 Å². The first kappa shape index (κ1) is 24.2. The molecule has 1 fully saturated rings. The SMILES string of the molecule is CCOc1cccc2c1O[C@@]1(C)[C@@H](C(=O)Nc3ccc(OC)cc3)[C@H]2NC(=S)N1c1ccc(Cl)cc1. The van der Waals surface area contributed by atoms with Crippen LogP contribution in [0.4, 0.5) is 11.4 Å². The number of rotatable bonds is 6. The fourth-order valence-corrected chi connectivity index (χ4v) is 5.45. The molecule has 5 rings (SSSR count). The molecule has 0 aliphatic carbocycles. The molecule has 9 heteroatoms. The summed E-state index contributed by atoms with van der Waals surface area (Å²) in [7, 11) is 1.60. The van der Waals surface area contributed by atoms with Crippen LogP contribution in [-0.4, -0.2) is 30.5 Å². The van der Waals surface area contributed by atoms with Crippen molar-refractivity contribution in [2.45, 2.75) is 25.6 Å². The number of ether oxygens (including phenoxy) is 3. The third-order valence-corrected chi connectivity index (χ3v) is 7.07. The van der Waals surface area contributed by atoms with Crippen molar-refractivity contribution < 1.29 is 19.0 Å². The number of nitrogens with one attached hydrogen (secondary N) is 2. The van der Waals surface area contributed by atoms with Gasteiger partial charge in [-0.1, -0.05) is 23.7 Å². The lowest BCUT2D eigenvalue weighted by atomic mass is 9.78. The zero-order valence-corrected chi connectivity index (χ0v) is 21.7. The quantitative estimate of drug-likeness (QED) is 0.411. The van der Waals surface area contributed by atoms with Crippen LogP contribution in [0.25, 0.3) is 0 Å². The number of fused-ring (bicyclic) bond motifs is 4. The second-order valence-corrected chi connectivity index (χ2v) is 9.52. The Morgan fingerprint density at radius 2 is 1.89 bits per heavy atom. The van der Waals surface area contributed by atoms with E-state index in [1.165, 1.54) is 0 Å². The summed E-state index contributed by atoms with van der Waals surface area (Å²) in [6.45, 7) is 4.28. The largest absolute Gasteiger partial charge is 0.497 e. The van der Waals surface area contributed by atoms with Gasteiger partial charge >= 0.3 is 0 Å². The summed E-state index contributed by atoms with van der Waals surface area (Å²) in [5.41, 5.74) is 1.04. The number of halogens is 1. The molecular weight excluding hydrogens is 498 g/mol. The third-order valence-electron chi connectivity index (χ3n) is 6.51. The van der Waals surface area contributed by atoms with Crippen molar-refractivity contribution in [1.82, 2.24) is 5.32 Å². The molecule has 1 saturated heterocycles. The first-order valence-corrected chi connectivity index (χ1v) is 12.4. The molecule has 2 aliphatic heterocycles. The minimum atomic E-state index is -1.17. The highest BCUT2D eigenvalue weighted by atomic mass is 35.5. The molecule has 1 amide bonds. The third kappa shape index (κ3) is 4.10. The zero-order valence-electron chi connectivity index (χ0n) is 20.1. The van der Waals surface area contributed by atoms with Crippen molar-refractivity contribution in [1.29, 1.82) is 0 Å². The molecule has 0 radical (unpaired) electrons. The van der Waals surface area contributed by atoms with E-state index in [0.29, 0.717) is 39.7 Å². The van der Waals surface area contributed by atoms with E-state index in [0.717, 1.165) is 11.3 Å². The number of methoxy groups -OCH3 is 1. The number of hydrogen-bond acceptors (Lipinski definition) is 5. The molecule has 2 N–H and O–H groups in total. The lowest BCUT2D eigenvalue weighted by Gasteiger charge is -2.56. The lowest BCUT2D eigenvalue weighted by Crippen LogP contribution is -2.72. The molecular formula is C27H26ClN3O4S. The summed E-state index contributed by atoms with van der Waals surface area (Å²) in [4.78, 5) is 15.7. The molecule has 36 heavy (non-hydrogen) atoms. The predicted octanol–water partition coefficient (Wildman–Crippen LogP) is 5.55. The van der Waals surface area contributed by atoms with Gasteiger partial charge in [-0.25, -0.2) is 0 Å². The molecule has 2 heterocycles. The Hall–Kier alpha value is -3.49. The van der Waals surface area contributed by atoms with E-state index in [1.807, 2.05) is 49.1 Å². The first-order valence-electron chi connectivity index (χ1n) is 11.6. The highest BCUT2D eigenvalue weighted by Crippen LogP contribution is 2.52. The summed E-state index contributed by atoms with van der Waals surface area (Å²) in [6, 6.07) is 19.7. The van der Waals surface area contributed by atoms with Gasteiger partial charge < -0.3 is 24.8 Å². The minimum absolute atomic E-state index is 0.214. The molecule has 3 atom stereocenters. The molecule has 0 spiro atoms. The summed E-state index contributed by atoms with van der Waals surface area (Å²) in [6.07, 6.45) is 0. The van der Waals surface area contributed by atoms with Gasteiger partial charge in [-0.3, -0.25) is 9.69 Å². The Labute approximate surface area is 220 Å². The molecule has 3 aromatic rings. The average Bonchev–Trinajstić information content (AvgIpc) is 2.86. The normalized spacial score (nSPS) is 22.1. The molecule has 3 aromatic carbocycles. The van der Waals surface area contributed by atoms with Crippen LogP contribution >= 0.6 is 23.8 Å². The topological polar surface area (TPSA) is 72.1 Å². The Morgan fingerprint density at radius 1 is 1.17 bits per heavy atom. The van der Waals surface area contributed by atoms with Crippen molar-refractivity contribution >= 4 is 46.2 Å². The molecule has 2 aliphatic rings. The van der Waals surface area contributed by atoms with Crippen molar-refractivity contribution in [2.75, 3.05) is 23.9 Å². The highest BCUT2D eigenvalue weighted by Gasteiger charge is 2.59. The molecule has 2 bridgehead atoms. The van der Waals surface area contributed by atoms with Gasteiger partial charge in [-0.2, -0.15) is 0 Å². The van der Waals surface area contributed by atoms with Gasteiger partial charge in [-0.05, 0) is 80.7 Å². The molecule has 0 unspecified atom stereocenters. The van der Waals surface area contributed by atoms with E-state index in [-0.39, 0.29) is 5.91 Å². The molecule has 0 aromatic heterocycles. The molecule has 0 saturated carbocycles. The van der Waals surface area contributed by atoms with Gasteiger partial charge in [0.15, 0.2) is 22.3 Å². The van der Waals surface area contributed by atoms with Crippen molar-refractivity contribution in [2.24, 2.45) is 5.92 Å². The number of amides is 1. The number of thiocarbonyl (C=S) groups is 1. The van der Waals surface area contributed by atoms with Gasteiger partial charge in [0.05, 0.1) is 19.8 Å². The van der Waals surface area contributed by atoms with Crippen molar-refractivity contribution in [3.05, 3.63) is 77.3 Å². The summed E-state index contributed by atoms with van der Waals surface area (Å²) < 4.78 is 17.8. The number of nitrogens with zero attached hydrogens (tertiary/aromatic N) is 1. The van der Waals surface area contributed by atoms with E-state index in [4.69, 9.17) is 38.0 Å². The van der Waals surface area contributed by atoms with E-state index < -0.39 is 17.7 Å².